The summed E-state index contributed by atoms with van der Waals surface area (Å²) in [5.41, 5.74) is 2.31. The molecule has 0 unspecified atom stereocenters. The Morgan fingerprint density at radius 3 is 2.38 bits per heavy atom. The molecular weight excluding hydrogens is 262 g/mol. The lowest BCUT2D eigenvalue weighted by atomic mass is 10.0. The van der Waals surface area contributed by atoms with Gasteiger partial charge in [0.2, 0.25) is 0 Å². The molecule has 0 aromatic heterocycles. The van der Waals surface area contributed by atoms with Crippen molar-refractivity contribution in [3.63, 3.8) is 0 Å². The van der Waals surface area contributed by atoms with Gasteiger partial charge in [-0.2, -0.15) is 0 Å². The minimum atomic E-state index is 0.547. The van der Waals surface area contributed by atoms with Crippen LogP contribution in [-0.2, 0) is 0 Å². The van der Waals surface area contributed by atoms with Gasteiger partial charge in [-0.05, 0) is 35.7 Å². The molecule has 0 amide bonds. The van der Waals surface area contributed by atoms with Crippen LogP contribution in [0, 0.1) is 0 Å². The molecule has 0 aliphatic heterocycles. The van der Waals surface area contributed by atoms with Gasteiger partial charge in [-0.1, -0.05) is 38.1 Å². The van der Waals surface area contributed by atoms with E-state index < -0.39 is 0 Å². The molecule has 0 heterocycles. The normalized spacial score (nSPS) is 10.5. The molecule has 112 valence electrons. The SMILES string of the molecule is COc1ccccc1NCCOc1ccc(C(C)C)cc1. The summed E-state index contributed by atoms with van der Waals surface area (Å²) in [5, 5.41) is 3.31. The minimum Gasteiger partial charge on any atom is -0.495 e. The van der Waals surface area contributed by atoms with Crippen LogP contribution < -0.4 is 14.8 Å². The van der Waals surface area contributed by atoms with Gasteiger partial charge in [0.15, 0.2) is 0 Å². The summed E-state index contributed by atoms with van der Waals surface area (Å²) in [4.78, 5) is 0. The van der Waals surface area contributed by atoms with E-state index in [1.54, 1.807) is 7.11 Å². The summed E-state index contributed by atoms with van der Waals surface area (Å²) < 4.78 is 11.0. The van der Waals surface area contributed by atoms with E-state index in [0.717, 1.165) is 23.7 Å². The molecule has 2 rings (SSSR count). The summed E-state index contributed by atoms with van der Waals surface area (Å²) in [6.07, 6.45) is 0. The number of hydrogen-bond acceptors (Lipinski definition) is 3. The summed E-state index contributed by atoms with van der Waals surface area (Å²) in [5.74, 6) is 2.30. The quantitative estimate of drug-likeness (QED) is 0.769. The number of benzene rings is 2. The first-order valence-corrected chi connectivity index (χ1v) is 7.30. The van der Waals surface area contributed by atoms with Gasteiger partial charge in [-0.15, -0.1) is 0 Å². The first-order chi connectivity index (χ1) is 10.2. The van der Waals surface area contributed by atoms with Crippen LogP contribution in [0.3, 0.4) is 0 Å². The molecule has 3 nitrogen and oxygen atoms in total. The van der Waals surface area contributed by atoms with Crippen molar-refractivity contribution in [2.24, 2.45) is 0 Å². The highest BCUT2D eigenvalue weighted by Crippen LogP contribution is 2.22. The number of rotatable bonds is 7. The van der Waals surface area contributed by atoms with E-state index in [1.165, 1.54) is 5.56 Å². The smallest absolute Gasteiger partial charge is 0.141 e. The molecule has 0 atom stereocenters. The molecule has 0 radical (unpaired) electrons. The fourth-order valence-electron chi connectivity index (χ4n) is 2.09. The second-order valence-electron chi connectivity index (χ2n) is 5.20. The standard InChI is InChI=1S/C18H23NO2/c1-14(2)15-8-10-16(11-9-15)21-13-12-19-17-6-4-5-7-18(17)20-3/h4-11,14,19H,12-13H2,1-3H3. The zero-order valence-corrected chi connectivity index (χ0v) is 12.9. The van der Waals surface area contributed by atoms with Gasteiger partial charge in [-0.3, -0.25) is 0 Å². The van der Waals surface area contributed by atoms with E-state index >= 15 is 0 Å². The van der Waals surface area contributed by atoms with Crippen LogP contribution in [0.1, 0.15) is 25.3 Å². The van der Waals surface area contributed by atoms with E-state index in [4.69, 9.17) is 9.47 Å². The minimum absolute atomic E-state index is 0.547. The maximum Gasteiger partial charge on any atom is 0.141 e. The van der Waals surface area contributed by atoms with Crippen molar-refractivity contribution in [1.29, 1.82) is 0 Å². The predicted octanol–water partition coefficient (Wildman–Crippen LogP) is 4.31. The fourth-order valence-corrected chi connectivity index (χ4v) is 2.09. The molecule has 0 aliphatic carbocycles. The topological polar surface area (TPSA) is 30.5 Å². The van der Waals surface area contributed by atoms with Crippen LogP contribution >= 0.6 is 0 Å². The highest BCUT2D eigenvalue weighted by atomic mass is 16.5. The first kappa shape index (κ1) is 15.2. The Balaban J connectivity index is 1.79. The maximum atomic E-state index is 5.73. The third-order valence-electron chi connectivity index (χ3n) is 3.34. The van der Waals surface area contributed by atoms with Crippen molar-refractivity contribution in [3.8, 4) is 11.5 Å². The highest BCUT2D eigenvalue weighted by Gasteiger charge is 2.01. The number of hydrogen-bond donors (Lipinski definition) is 1. The zero-order chi connectivity index (χ0) is 15.1. The Kier molecular flexibility index (Phi) is 5.50. The van der Waals surface area contributed by atoms with Gasteiger partial charge in [0, 0.05) is 6.54 Å². The Bertz CT molecular complexity index is 549. The summed E-state index contributed by atoms with van der Waals surface area (Å²) >= 11 is 0. The average Bonchev–Trinajstić information content (AvgIpc) is 2.52. The number of methoxy groups -OCH3 is 1. The maximum absolute atomic E-state index is 5.73. The van der Waals surface area contributed by atoms with E-state index in [-0.39, 0.29) is 0 Å². The first-order valence-electron chi connectivity index (χ1n) is 7.30. The van der Waals surface area contributed by atoms with Crippen LogP contribution in [-0.4, -0.2) is 20.3 Å². The monoisotopic (exact) mass is 285 g/mol. The molecule has 0 saturated carbocycles. The van der Waals surface area contributed by atoms with E-state index in [0.29, 0.717) is 12.5 Å². The second-order valence-corrected chi connectivity index (χ2v) is 5.20. The molecule has 3 heteroatoms. The molecule has 2 aromatic carbocycles. The average molecular weight is 285 g/mol. The van der Waals surface area contributed by atoms with Crippen LogP contribution in [0.5, 0.6) is 11.5 Å². The largest absolute Gasteiger partial charge is 0.495 e. The van der Waals surface area contributed by atoms with Gasteiger partial charge in [0.25, 0.3) is 0 Å². The summed E-state index contributed by atoms with van der Waals surface area (Å²) in [6, 6.07) is 16.2. The number of ether oxygens (including phenoxy) is 2. The van der Waals surface area contributed by atoms with E-state index in [2.05, 4.69) is 31.3 Å². The van der Waals surface area contributed by atoms with Crippen LogP contribution in [0.4, 0.5) is 5.69 Å². The number of nitrogens with one attached hydrogen (secondary N) is 1. The summed E-state index contributed by atoms with van der Waals surface area (Å²) in [7, 11) is 1.67. The third-order valence-corrected chi connectivity index (χ3v) is 3.34. The van der Waals surface area contributed by atoms with Crippen molar-refractivity contribution < 1.29 is 9.47 Å². The molecule has 0 aliphatic rings. The molecule has 0 fully saturated rings. The van der Waals surface area contributed by atoms with Gasteiger partial charge < -0.3 is 14.8 Å². The van der Waals surface area contributed by atoms with Crippen LogP contribution in [0.25, 0.3) is 0 Å². The molecule has 2 aromatic rings. The number of para-hydroxylation sites is 2. The van der Waals surface area contributed by atoms with Gasteiger partial charge >= 0.3 is 0 Å². The number of anilines is 1. The van der Waals surface area contributed by atoms with Gasteiger partial charge in [-0.25, -0.2) is 0 Å². The van der Waals surface area contributed by atoms with Crippen LogP contribution in [0.15, 0.2) is 48.5 Å². The Morgan fingerprint density at radius 2 is 1.71 bits per heavy atom. The Hall–Kier alpha value is -2.16. The van der Waals surface area contributed by atoms with Crippen LogP contribution in [0.2, 0.25) is 0 Å². The van der Waals surface area contributed by atoms with Gasteiger partial charge in [0.05, 0.1) is 12.8 Å². The van der Waals surface area contributed by atoms with Gasteiger partial charge in [0.1, 0.15) is 18.1 Å². The molecule has 0 spiro atoms. The molecule has 21 heavy (non-hydrogen) atoms. The molecule has 1 N–H and O–H groups in total. The Morgan fingerprint density at radius 1 is 1.00 bits per heavy atom. The second kappa shape index (κ2) is 7.58. The summed E-state index contributed by atoms with van der Waals surface area (Å²) in [6.45, 7) is 5.71. The fraction of sp³-hybridized carbons (Fsp3) is 0.333. The Labute approximate surface area is 126 Å². The van der Waals surface area contributed by atoms with Crippen molar-refractivity contribution >= 4 is 5.69 Å². The lowest BCUT2D eigenvalue weighted by molar-refractivity contribution is 0.332. The molecule has 0 bridgehead atoms. The van der Waals surface area contributed by atoms with Crippen molar-refractivity contribution in [2.75, 3.05) is 25.6 Å². The molecule has 0 saturated heterocycles. The van der Waals surface area contributed by atoms with E-state index in [9.17, 15) is 0 Å². The predicted molar refractivity (Wildman–Crippen MR) is 87.5 cm³/mol. The van der Waals surface area contributed by atoms with Crippen molar-refractivity contribution in [3.05, 3.63) is 54.1 Å². The van der Waals surface area contributed by atoms with Crippen molar-refractivity contribution in [2.45, 2.75) is 19.8 Å². The zero-order valence-electron chi connectivity index (χ0n) is 12.9. The van der Waals surface area contributed by atoms with Crippen molar-refractivity contribution in [1.82, 2.24) is 0 Å². The highest BCUT2D eigenvalue weighted by molar-refractivity contribution is 5.56. The lowest BCUT2D eigenvalue weighted by Gasteiger charge is -2.12. The van der Waals surface area contributed by atoms with E-state index in [1.807, 2.05) is 36.4 Å². The lowest BCUT2D eigenvalue weighted by Crippen LogP contribution is -2.12. The molecular formula is C18H23NO2. The third kappa shape index (κ3) is 4.42.